The molecule has 0 aliphatic carbocycles. The van der Waals surface area contributed by atoms with E-state index in [0.717, 1.165) is 43.6 Å². The zero-order valence-corrected chi connectivity index (χ0v) is 13.3. The van der Waals surface area contributed by atoms with Crippen LogP contribution in [0.3, 0.4) is 0 Å². The predicted molar refractivity (Wildman–Crippen MR) is 85.7 cm³/mol. The van der Waals surface area contributed by atoms with E-state index >= 15 is 0 Å². The Morgan fingerprint density at radius 2 is 2.17 bits per heavy atom. The maximum atomic E-state index is 13.4. The molecule has 0 saturated carbocycles. The van der Waals surface area contributed by atoms with Crippen LogP contribution in [0, 0.1) is 5.82 Å². The first-order chi connectivity index (χ1) is 11.0. The Balaban J connectivity index is 1.62. The third kappa shape index (κ3) is 3.63. The van der Waals surface area contributed by atoms with Gasteiger partial charge in [0.1, 0.15) is 5.82 Å². The minimum absolute atomic E-state index is 0.0357. The average Bonchev–Trinajstić information content (AvgIpc) is 2.89. The van der Waals surface area contributed by atoms with Gasteiger partial charge < -0.3 is 15.1 Å². The molecule has 0 bridgehead atoms. The van der Waals surface area contributed by atoms with Gasteiger partial charge in [0.25, 0.3) is 0 Å². The van der Waals surface area contributed by atoms with Gasteiger partial charge in [-0.3, -0.25) is 9.59 Å². The Labute approximate surface area is 135 Å². The molecule has 23 heavy (non-hydrogen) atoms. The van der Waals surface area contributed by atoms with Crippen molar-refractivity contribution in [3.8, 4) is 0 Å². The fourth-order valence-electron chi connectivity index (χ4n) is 3.46. The monoisotopic (exact) mass is 319 g/mol. The second-order valence-corrected chi connectivity index (χ2v) is 6.32. The molecule has 1 unspecified atom stereocenters. The van der Waals surface area contributed by atoms with Gasteiger partial charge >= 0.3 is 0 Å². The van der Waals surface area contributed by atoms with Crippen LogP contribution in [-0.2, 0) is 16.0 Å². The molecule has 6 heteroatoms. The Hall–Kier alpha value is -2.11. The highest BCUT2D eigenvalue weighted by Crippen LogP contribution is 2.28. The number of benzene rings is 1. The largest absolute Gasteiger partial charge is 0.362 e. The minimum Gasteiger partial charge on any atom is -0.362 e. The highest BCUT2D eigenvalue weighted by Gasteiger charge is 2.27. The van der Waals surface area contributed by atoms with E-state index in [4.69, 9.17) is 0 Å². The maximum absolute atomic E-state index is 13.4. The summed E-state index contributed by atoms with van der Waals surface area (Å²) in [6.07, 6.45) is 2.64. The number of rotatable bonds is 3. The summed E-state index contributed by atoms with van der Waals surface area (Å²) in [5.74, 6) is -0.294. The summed E-state index contributed by atoms with van der Waals surface area (Å²) >= 11 is 0. The molecule has 0 spiro atoms. The Morgan fingerprint density at radius 3 is 2.96 bits per heavy atom. The summed E-state index contributed by atoms with van der Waals surface area (Å²) in [5.41, 5.74) is 1.92. The molecule has 1 atom stereocenters. The van der Waals surface area contributed by atoms with Crippen molar-refractivity contribution >= 4 is 17.5 Å². The summed E-state index contributed by atoms with van der Waals surface area (Å²) in [4.78, 5) is 27.5. The fourth-order valence-corrected chi connectivity index (χ4v) is 3.46. The van der Waals surface area contributed by atoms with Crippen LogP contribution >= 0.6 is 0 Å². The van der Waals surface area contributed by atoms with Crippen molar-refractivity contribution in [2.45, 2.75) is 32.2 Å². The van der Waals surface area contributed by atoms with E-state index in [1.807, 2.05) is 4.90 Å². The lowest BCUT2D eigenvalue weighted by Crippen LogP contribution is -2.51. The molecule has 2 heterocycles. The number of hydrogen-bond acceptors (Lipinski definition) is 3. The molecule has 0 aromatic heterocycles. The summed E-state index contributed by atoms with van der Waals surface area (Å²) in [7, 11) is 0. The quantitative estimate of drug-likeness (QED) is 0.914. The normalized spacial score (nSPS) is 20.3. The van der Waals surface area contributed by atoms with Crippen molar-refractivity contribution in [3.05, 3.63) is 29.6 Å². The van der Waals surface area contributed by atoms with Gasteiger partial charge in [0.15, 0.2) is 0 Å². The second-order valence-electron chi connectivity index (χ2n) is 6.32. The number of carbonyl (C=O) groups is 2. The smallest absolute Gasteiger partial charge is 0.242 e. The molecule has 124 valence electrons. The van der Waals surface area contributed by atoms with Crippen molar-refractivity contribution in [1.82, 2.24) is 10.2 Å². The Morgan fingerprint density at radius 1 is 1.35 bits per heavy atom. The number of anilines is 1. The van der Waals surface area contributed by atoms with Crippen molar-refractivity contribution in [2.75, 3.05) is 31.1 Å². The predicted octanol–water partition coefficient (Wildman–Crippen LogP) is 1.32. The zero-order valence-electron chi connectivity index (χ0n) is 13.3. The number of likely N-dealkylation sites (tertiary alicyclic amines) is 1. The molecule has 3 rings (SSSR count). The number of halogens is 1. The van der Waals surface area contributed by atoms with Gasteiger partial charge in [0.2, 0.25) is 11.8 Å². The molecule has 1 aromatic rings. The highest BCUT2D eigenvalue weighted by atomic mass is 19.1. The molecule has 1 aromatic carbocycles. The van der Waals surface area contributed by atoms with Gasteiger partial charge in [-0.05, 0) is 37.0 Å². The third-order valence-electron chi connectivity index (χ3n) is 4.55. The Bertz CT molecular complexity index is 620. The summed E-state index contributed by atoms with van der Waals surface area (Å²) in [6.45, 7) is 3.79. The standard InChI is InChI=1S/C17H22FN3O2/c1-12(22)19-15-3-2-7-21(10-15)17(23)11-20-8-6-13-4-5-14(18)9-16(13)20/h4-5,9,15H,2-3,6-8,10-11H2,1H3,(H,19,22). The molecular formula is C17H22FN3O2. The van der Waals surface area contributed by atoms with Gasteiger partial charge in [-0.2, -0.15) is 0 Å². The van der Waals surface area contributed by atoms with Gasteiger partial charge in [-0.25, -0.2) is 4.39 Å². The van der Waals surface area contributed by atoms with Crippen LogP contribution < -0.4 is 10.2 Å². The van der Waals surface area contributed by atoms with E-state index in [2.05, 4.69) is 5.32 Å². The van der Waals surface area contributed by atoms with Crippen molar-refractivity contribution in [2.24, 2.45) is 0 Å². The minimum atomic E-state index is -0.271. The molecule has 2 aliphatic heterocycles. The molecule has 2 amide bonds. The number of nitrogens with zero attached hydrogens (tertiary/aromatic N) is 2. The highest BCUT2D eigenvalue weighted by molar-refractivity contribution is 5.82. The molecule has 0 radical (unpaired) electrons. The van der Waals surface area contributed by atoms with Crippen LogP contribution in [0.4, 0.5) is 10.1 Å². The van der Waals surface area contributed by atoms with E-state index in [0.29, 0.717) is 6.54 Å². The van der Waals surface area contributed by atoms with Crippen molar-refractivity contribution < 1.29 is 14.0 Å². The lowest BCUT2D eigenvalue weighted by molar-refractivity contribution is -0.132. The summed E-state index contributed by atoms with van der Waals surface area (Å²) in [6, 6.07) is 4.80. The van der Waals surface area contributed by atoms with Crippen LogP contribution in [0.15, 0.2) is 18.2 Å². The molecule has 1 saturated heterocycles. The SMILES string of the molecule is CC(=O)NC1CCCN(C(=O)CN2CCc3ccc(F)cc32)C1. The Kier molecular flexibility index (Phi) is 4.50. The van der Waals surface area contributed by atoms with Crippen LogP contribution in [0.2, 0.25) is 0 Å². The fraction of sp³-hybridized carbons (Fsp3) is 0.529. The molecule has 5 nitrogen and oxygen atoms in total. The lowest BCUT2D eigenvalue weighted by Gasteiger charge is -2.34. The van der Waals surface area contributed by atoms with Crippen LogP contribution in [0.1, 0.15) is 25.3 Å². The van der Waals surface area contributed by atoms with E-state index in [1.54, 1.807) is 11.0 Å². The first kappa shape index (κ1) is 15.8. The molecule has 1 N–H and O–H groups in total. The average molecular weight is 319 g/mol. The number of piperidine rings is 1. The van der Waals surface area contributed by atoms with Gasteiger partial charge in [-0.15, -0.1) is 0 Å². The number of fused-ring (bicyclic) bond motifs is 1. The first-order valence-electron chi connectivity index (χ1n) is 8.11. The van der Waals surface area contributed by atoms with Crippen molar-refractivity contribution in [1.29, 1.82) is 0 Å². The van der Waals surface area contributed by atoms with E-state index in [-0.39, 0.29) is 30.2 Å². The third-order valence-corrected chi connectivity index (χ3v) is 4.55. The van der Waals surface area contributed by atoms with Crippen LogP contribution in [0.5, 0.6) is 0 Å². The molecule has 2 aliphatic rings. The van der Waals surface area contributed by atoms with Gasteiger partial charge in [-0.1, -0.05) is 6.07 Å². The topological polar surface area (TPSA) is 52.7 Å². The molecule has 1 fully saturated rings. The van der Waals surface area contributed by atoms with Gasteiger partial charge in [0, 0.05) is 38.3 Å². The van der Waals surface area contributed by atoms with E-state index in [1.165, 1.54) is 19.1 Å². The maximum Gasteiger partial charge on any atom is 0.242 e. The van der Waals surface area contributed by atoms with Crippen LogP contribution in [-0.4, -0.2) is 48.9 Å². The summed E-state index contributed by atoms with van der Waals surface area (Å²) in [5, 5.41) is 2.89. The van der Waals surface area contributed by atoms with E-state index in [9.17, 15) is 14.0 Å². The number of amides is 2. The first-order valence-corrected chi connectivity index (χ1v) is 8.11. The number of nitrogens with one attached hydrogen (secondary N) is 1. The summed E-state index contributed by atoms with van der Waals surface area (Å²) < 4.78 is 13.4. The zero-order chi connectivity index (χ0) is 16.4. The van der Waals surface area contributed by atoms with Crippen LogP contribution in [0.25, 0.3) is 0 Å². The van der Waals surface area contributed by atoms with Crippen molar-refractivity contribution in [3.63, 3.8) is 0 Å². The number of hydrogen-bond donors (Lipinski definition) is 1. The lowest BCUT2D eigenvalue weighted by atomic mass is 10.1. The van der Waals surface area contributed by atoms with Gasteiger partial charge in [0.05, 0.1) is 6.54 Å². The molecular weight excluding hydrogens is 297 g/mol. The number of carbonyl (C=O) groups excluding carboxylic acids is 2. The van der Waals surface area contributed by atoms with E-state index < -0.39 is 0 Å². The second kappa shape index (κ2) is 6.56.